The van der Waals surface area contributed by atoms with Gasteiger partial charge in [-0.25, -0.2) is 0 Å². The first-order valence-corrected chi connectivity index (χ1v) is 5.96. The molecule has 14 heavy (non-hydrogen) atoms. The quantitative estimate of drug-likeness (QED) is 0.753. The highest BCUT2D eigenvalue weighted by Gasteiger charge is 2.12. The van der Waals surface area contributed by atoms with Gasteiger partial charge >= 0.3 is 0 Å². The minimum Gasteiger partial charge on any atom is -0.309 e. The molecule has 0 spiro atoms. The van der Waals surface area contributed by atoms with Crippen molar-refractivity contribution in [1.82, 2.24) is 5.32 Å². The fourth-order valence-electron chi connectivity index (χ4n) is 1.38. The Labute approximate surface area is 94.8 Å². The molecule has 1 atom stereocenters. The molecule has 0 bridgehead atoms. The summed E-state index contributed by atoms with van der Waals surface area (Å²) in [5, 5.41) is 3.43. The molecule has 1 aromatic rings. The van der Waals surface area contributed by atoms with Crippen LogP contribution in [0.5, 0.6) is 0 Å². The summed E-state index contributed by atoms with van der Waals surface area (Å²) >= 11 is 7.55. The molecule has 0 aliphatic rings. The highest BCUT2D eigenvalue weighted by atomic mass is 35.5. The van der Waals surface area contributed by atoms with Crippen molar-refractivity contribution < 1.29 is 0 Å². The normalized spacial score (nSPS) is 12.8. The van der Waals surface area contributed by atoms with Gasteiger partial charge in [-0.15, -0.1) is 17.9 Å². The Morgan fingerprint density at radius 1 is 1.64 bits per heavy atom. The second-order valence-corrected chi connectivity index (χ2v) is 5.16. The lowest BCUT2D eigenvalue weighted by Crippen LogP contribution is -2.20. The molecule has 1 unspecified atom stereocenters. The monoisotopic (exact) mass is 229 g/mol. The second-order valence-electron chi connectivity index (χ2n) is 3.41. The molecule has 0 saturated heterocycles. The Morgan fingerprint density at radius 2 is 2.36 bits per heavy atom. The van der Waals surface area contributed by atoms with E-state index in [0.29, 0.717) is 6.04 Å². The van der Waals surface area contributed by atoms with Crippen LogP contribution in [0.15, 0.2) is 24.3 Å². The van der Waals surface area contributed by atoms with Crippen molar-refractivity contribution in [3.05, 3.63) is 33.5 Å². The van der Waals surface area contributed by atoms with Gasteiger partial charge in [0.25, 0.3) is 0 Å². The zero-order valence-electron chi connectivity index (χ0n) is 8.64. The van der Waals surface area contributed by atoms with Crippen LogP contribution in [0.2, 0.25) is 4.34 Å². The van der Waals surface area contributed by atoms with Crippen LogP contribution >= 0.6 is 22.9 Å². The first kappa shape index (κ1) is 11.8. The molecule has 0 aliphatic carbocycles. The third-order valence-corrected chi connectivity index (χ3v) is 3.29. The third-order valence-electron chi connectivity index (χ3n) is 1.94. The largest absolute Gasteiger partial charge is 0.309 e. The van der Waals surface area contributed by atoms with Crippen LogP contribution in [0.25, 0.3) is 0 Å². The number of hydrogen-bond donors (Lipinski definition) is 1. The fourth-order valence-corrected chi connectivity index (χ4v) is 2.52. The van der Waals surface area contributed by atoms with Gasteiger partial charge in [0.1, 0.15) is 0 Å². The Balaban J connectivity index is 2.71. The highest BCUT2D eigenvalue weighted by molar-refractivity contribution is 7.16. The first-order valence-electron chi connectivity index (χ1n) is 4.76. The van der Waals surface area contributed by atoms with Gasteiger partial charge in [-0.05, 0) is 32.0 Å². The zero-order chi connectivity index (χ0) is 10.6. The topological polar surface area (TPSA) is 12.0 Å². The van der Waals surface area contributed by atoms with Crippen molar-refractivity contribution >= 4 is 22.9 Å². The maximum absolute atomic E-state index is 5.91. The van der Waals surface area contributed by atoms with Gasteiger partial charge in [0, 0.05) is 10.9 Å². The SMILES string of the molecule is C=C(C)CC(NCC)c1ccc(Cl)s1. The van der Waals surface area contributed by atoms with Gasteiger partial charge in [-0.2, -0.15) is 0 Å². The van der Waals surface area contributed by atoms with Gasteiger partial charge < -0.3 is 5.32 Å². The van der Waals surface area contributed by atoms with E-state index in [1.165, 1.54) is 10.5 Å². The molecule has 0 aliphatic heterocycles. The molecule has 0 radical (unpaired) electrons. The average Bonchev–Trinajstić information content (AvgIpc) is 2.50. The number of hydrogen-bond acceptors (Lipinski definition) is 2. The molecule has 1 heterocycles. The van der Waals surface area contributed by atoms with Crippen molar-refractivity contribution in [1.29, 1.82) is 0 Å². The van der Waals surface area contributed by atoms with E-state index in [1.54, 1.807) is 11.3 Å². The molecule has 1 nitrogen and oxygen atoms in total. The van der Waals surface area contributed by atoms with Crippen molar-refractivity contribution in [3.63, 3.8) is 0 Å². The predicted molar refractivity (Wildman–Crippen MR) is 65.2 cm³/mol. The second kappa shape index (κ2) is 5.54. The molecular formula is C11H16ClNS. The minimum absolute atomic E-state index is 0.370. The number of halogens is 1. The summed E-state index contributed by atoms with van der Waals surface area (Å²) in [7, 11) is 0. The molecule has 78 valence electrons. The lowest BCUT2D eigenvalue weighted by molar-refractivity contribution is 0.556. The lowest BCUT2D eigenvalue weighted by Gasteiger charge is -2.15. The molecule has 1 rings (SSSR count). The summed E-state index contributed by atoms with van der Waals surface area (Å²) < 4.78 is 0.851. The van der Waals surface area contributed by atoms with Gasteiger partial charge in [0.2, 0.25) is 0 Å². The van der Waals surface area contributed by atoms with Crippen LogP contribution in [-0.2, 0) is 0 Å². The zero-order valence-corrected chi connectivity index (χ0v) is 10.2. The van der Waals surface area contributed by atoms with Crippen LogP contribution in [0.3, 0.4) is 0 Å². The van der Waals surface area contributed by atoms with Crippen LogP contribution in [0.1, 0.15) is 31.2 Å². The molecule has 0 aromatic carbocycles. The smallest absolute Gasteiger partial charge is 0.0931 e. The number of rotatable bonds is 5. The van der Waals surface area contributed by atoms with Gasteiger partial charge in [0.05, 0.1) is 4.34 Å². The van der Waals surface area contributed by atoms with Crippen LogP contribution in [-0.4, -0.2) is 6.54 Å². The predicted octanol–water partition coefficient (Wildman–Crippen LogP) is 4.02. The maximum atomic E-state index is 5.91. The summed E-state index contributed by atoms with van der Waals surface area (Å²) in [6.07, 6.45) is 0.977. The van der Waals surface area contributed by atoms with E-state index in [-0.39, 0.29) is 0 Å². The molecule has 1 N–H and O–H groups in total. The molecule has 0 fully saturated rings. The van der Waals surface area contributed by atoms with E-state index in [0.717, 1.165) is 17.3 Å². The lowest BCUT2D eigenvalue weighted by atomic mass is 10.1. The Kier molecular flexibility index (Phi) is 4.66. The minimum atomic E-state index is 0.370. The van der Waals surface area contributed by atoms with Gasteiger partial charge in [-0.3, -0.25) is 0 Å². The molecular weight excluding hydrogens is 214 g/mol. The van der Waals surface area contributed by atoms with Crippen LogP contribution < -0.4 is 5.32 Å². The summed E-state index contributed by atoms with van der Waals surface area (Å²) in [6, 6.07) is 4.41. The highest BCUT2D eigenvalue weighted by Crippen LogP contribution is 2.29. The molecule has 3 heteroatoms. The molecule has 1 aromatic heterocycles. The van der Waals surface area contributed by atoms with E-state index in [2.05, 4.69) is 31.8 Å². The van der Waals surface area contributed by atoms with Crippen molar-refractivity contribution in [3.8, 4) is 0 Å². The van der Waals surface area contributed by atoms with Crippen LogP contribution in [0, 0.1) is 0 Å². The van der Waals surface area contributed by atoms with Crippen molar-refractivity contribution in [2.75, 3.05) is 6.54 Å². The third kappa shape index (κ3) is 3.45. The number of thiophene rings is 1. The summed E-state index contributed by atoms with van der Waals surface area (Å²) in [5.41, 5.74) is 1.19. The summed E-state index contributed by atoms with van der Waals surface area (Å²) in [4.78, 5) is 1.29. The van der Waals surface area contributed by atoms with Crippen molar-refractivity contribution in [2.45, 2.75) is 26.3 Å². The number of nitrogens with one attached hydrogen (secondary N) is 1. The van der Waals surface area contributed by atoms with Crippen LogP contribution in [0.4, 0.5) is 0 Å². The molecule has 0 amide bonds. The first-order chi connectivity index (χ1) is 6.63. The standard InChI is InChI=1S/C11H16ClNS/c1-4-13-9(7-8(2)3)10-5-6-11(12)14-10/h5-6,9,13H,2,4,7H2,1,3H3. The molecule has 0 saturated carbocycles. The summed E-state index contributed by atoms with van der Waals surface area (Å²) in [5.74, 6) is 0. The Morgan fingerprint density at radius 3 is 2.79 bits per heavy atom. The Hall–Kier alpha value is -0.310. The average molecular weight is 230 g/mol. The van der Waals surface area contributed by atoms with E-state index in [4.69, 9.17) is 11.6 Å². The van der Waals surface area contributed by atoms with E-state index in [9.17, 15) is 0 Å². The summed E-state index contributed by atoms with van der Waals surface area (Å²) in [6.45, 7) is 9.07. The van der Waals surface area contributed by atoms with Gasteiger partial charge in [-0.1, -0.05) is 24.1 Å². The maximum Gasteiger partial charge on any atom is 0.0931 e. The van der Waals surface area contributed by atoms with Crippen molar-refractivity contribution in [2.24, 2.45) is 0 Å². The van der Waals surface area contributed by atoms with E-state index in [1.807, 2.05) is 6.07 Å². The van der Waals surface area contributed by atoms with E-state index >= 15 is 0 Å². The van der Waals surface area contributed by atoms with Gasteiger partial charge in [0.15, 0.2) is 0 Å². The fraction of sp³-hybridized carbons (Fsp3) is 0.455. The van der Waals surface area contributed by atoms with E-state index < -0.39 is 0 Å². The Bertz CT molecular complexity index is 306.